The topological polar surface area (TPSA) is 95.4 Å². The lowest BCUT2D eigenvalue weighted by atomic mass is 10.2. The number of nitrogens with zero attached hydrogens (tertiary/aromatic N) is 5. The zero-order chi connectivity index (χ0) is 19.7. The summed E-state index contributed by atoms with van der Waals surface area (Å²) < 4.78 is 10.3. The van der Waals surface area contributed by atoms with E-state index in [9.17, 15) is 9.59 Å². The molecule has 0 fully saturated rings. The lowest BCUT2D eigenvalue weighted by Gasteiger charge is -2.06. The molecular formula is C17H19BrN6O3. The molecule has 0 aliphatic carbocycles. The fourth-order valence-corrected chi connectivity index (χ4v) is 3.18. The highest BCUT2D eigenvalue weighted by atomic mass is 79.9. The number of benzene rings is 1. The van der Waals surface area contributed by atoms with E-state index < -0.39 is 11.2 Å². The third-order valence-corrected chi connectivity index (χ3v) is 4.72. The van der Waals surface area contributed by atoms with E-state index in [2.05, 4.69) is 31.4 Å². The number of anilines is 1. The van der Waals surface area contributed by atoms with Gasteiger partial charge in [0, 0.05) is 30.7 Å². The van der Waals surface area contributed by atoms with E-state index in [0.717, 1.165) is 14.6 Å². The Balaban J connectivity index is 2.05. The van der Waals surface area contributed by atoms with Crippen LogP contribution in [0, 0.1) is 0 Å². The van der Waals surface area contributed by atoms with Gasteiger partial charge in [0.1, 0.15) is 5.75 Å². The standard InChI is InChI=1S/C17H19BrN6O3/c1-5-24-13-14(22(2)17(26)23(3)15(13)25)20-16(24)21-19-9-10-8-11(18)6-7-12(10)27-4/h6-9H,5H2,1-4H3,(H,20,21)/b19-9-. The number of rotatable bonds is 5. The van der Waals surface area contributed by atoms with Gasteiger partial charge < -0.3 is 9.30 Å². The number of nitrogens with one attached hydrogen (secondary N) is 1. The van der Waals surface area contributed by atoms with Crippen molar-refractivity contribution in [2.45, 2.75) is 13.5 Å². The largest absolute Gasteiger partial charge is 0.496 e. The number of fused-ring (bicyclic) bond motifs is 1. The van der Waals surface area contributed by atoms with Crippen LogP contribution in [0.1, 0.15) is 12.5 Å². The number of aromatic nitrogens is 4. The number of aryl methyl sites for hydroxylation is 2. The molecule has 0 aliphatic heterocycles. The van der Waals surface area contributed by atoms with E-state index in [1.165, 1.54) is 11.6 Å². The smallest absolute Gasteiger partial charge is 0.332 e. The minimum absolute atomic E-state index is 0.308. The summed E-state index contributed by atoms with van der Waals surface area (Å²) in [5.41, 5.74) is 3.45. The van der Waals surface area contributed by atoms with Crippen molar-refractivity contribution >= 4 is 39.3 Å². The minimum atomic E-state index is -0.429. The average Bonchev–Trinajstić information content (AvgIpc) is 3.03. The van der Waals surface area contributed by atoms with Crippen LogP contribution in [0.4, 0.5) is 5.95 Å². The average molecular weight is 435 g/mol. The lowest BCUT2D eigenvalue weighted by Crippen LogP contribution is -2.37. The molecule has 3 rings (SSSR count). The summed E-state index contributed by atoms with van der Waals surface area (Å²) >= 11 is 3.41. The minimum Gasteiger partial charge on any atom is -0.496 e. The van der Waals surface area contributed by atoms with Crippen LogP contribution >= 0.6 is 15.9 Å². The molecule has 0 bridgehead atoms. The summed E-state index contributed by atoms with van der Waals surface area (Å²) in [4.78, 5) is 29.0. The summed E-state index contributed by atoms with van der Waals surface area (Å²) in [6.45, 7) is 2.37. The van der Waals surface area contributed by atoms with E-state index in [1.807, 2.05) is 25.1 Å². The van der Waals surface area contributed by atoms with Gasteiger partial charge in [0.05, 0.1) is 13.3 Å². The van der Waals surface area contributed by atoms with Gasteiger partial charge in [-0.25, -0.2) is 10.2 Å². The second-order valence-electron chi connectivity index (χ2n) is 5.81. The second kappa shape index (κ2) is 7.39. The molecular weight excluding hydrogens is 416 g/mol. The quantitative estimate of drug-likeness (QED) is 0.486. The van der Waals surface area contributed by atoms with Crippen LogP contribution in [0.15, 0.2) is 37.4 Å². The maximum atomic E-state index is 12.5. The summed E-state index contributed by atoms with van der Waals surface area (Å²) in [5.74, 6) is 1.04. The molecule has 1 N–H and O–H groups in total. The molecule has 0 atom stereocenters. The molecule has 0 saturated heterocycles. The molecule has 2 heterocycles. The first-order valence-corrected chi connectivity index (χ1v) is 8.97. The highest BCUT2D eigenvalue weighted by Crippen LogP contribution is 2.21. The van der Waals surface area contributed by atoms with Crippen molar-refractivity contribution in [2.75, 3.05) is 12.5 Å². The Kier molecular flexibility index (Phi) is 5.17. The fraction of sp³-hybridized carbons (Fsp3) is 0.294. The van der Waals surface area contributed by atoms with E-state index >= 15 is 0 Å². The Morgan fingerprint density at radius 2 is 2.04 bits per heavy atom. The van der Waals surface area contributed by atoms with Crippen molar-refractivity contribution in [2.24, 2.45) is 19.2 Å². The summed E-state index contributed by atoms with van der Waals surface area (Å²) in [6, 6.07) is 5.56. The molecule has 0 radical (unpaired) electrons. The predicted octanol–water partition coefficient (Wildman–Crippen LogP) is 1.67. The van der Waals surface area contributed by atoms with E-state index in [-0.39, 0.29) is 0 Å². The molecule has 0 spiro atoms. The van der Waals surface area contributed by atoms with Crippen molar-refractivity contribution in [1.82, 2.24) is 18.7 Å². The van der Waals surface area contributed by atoms with Gasteiger partial charge in [-0.15, -0.1) is 0 Å². The number of hydrogen-bond donors (Lipinski definition) is 1. The van der Waals surface area contributed by atoms with Gasteiger partial charge in [0.25, 0.3) is 5.56 Å². The lowest BCUT2D eigenvalue weighted by molar-refractivity contribution is 0.414. The van der Waals surface area contributed by atoms with Crippen molar-refractivity contribution < 1.29 is 4.74 Å². The van der Waals surface area contributed by atoms with E-state index in [4.69, 9.17) is 4.74 Å². The molecule has 1 aromatic carbocycles. The summed E-state index contributed by atoms with van der Waals surface area (Å²) in [5, 5.41) is 4.21. The zero-order valence-corrected chi connectivity index (χ0v) is 16.9. The number of imidazole rings is 1. The predicted molar refractivity (Wildman–Crippen MR) is 108 cm³/mol. The molecule has 2 aromatic heterocycles. The zero-order valence-electron chi connectivity index (χ0n) is 15.4. The van der Waals surface area contributed by atoms with Gasteiger partial charge in [0.15, 0.2) is 11.2 Å². The first kappa shape index (κ1) is 18.9. The Morgan fingerprint density at radius 1 is 1.30 bits per heavy atom. The van der Waals surface area contributed by atoms with Crippen molar-refractivity contribution in [3.05, 3.63) is 49.1 Å². The van der Waals surface area contributed by atoms with E-state index in [1.54, 1.807) is 24.9 Å². The summed E-state index contributed by atoms with van der Waals surface area (Å²) in [7, 11) is 4.61. The van der Waals surface area contributed by atoms with Gasteiger partial charge in [-0.2, -0.15) is 10.1 Å². The van der Waals surface area contributed by atoms with Crippen molar-refractivity contribution in [1.29, 1.82) is 0 Å². The van der Waals surface area contributed by atoms with Crippen LogP contribution in [0.3, 0.4) is 0 Å². The molecule has 0 amide bonds. The third kappa shape index (κ3) is 3.27. The Labute approximate surface area is 163 Å². The molecule has 9 nitrogen and oxygen atoms in total. The first-order chi connectivity index (χ1) is 12.9. The van der Waals surface area contributed by atoms with Crippen LogP contribution < -0.4 is 21.4 Å². The van der Waals surface area contributed by atoms with Gasteiger partial charge in [-0.1, -0.05) is 15.9 Å². The van der Waals surface area contributed by atoms with Gasteiger partial charge in [0.2, 0.25) is 5.95 Å². The van der Waals surface area contributed by atoms with Gasteiger partial charge in [-0.05, 0) is 25.1 Å². The molecule has 0 saturated carbocycles. The Hall–Kier alpha value is -2.88. The Bertz CT molecular complexity index is 1160. The van der Waals surface area contributed by atoms with Crippen LogP contribution in [-0.2, 0) is 20.6 Å². The van der Waals surface area contributed by atoms with Crippen LogP contribution in [0.5, 0.6) is 5.75 Å². The highest BCUT2D eigenvalue weighted by molar-refractivity contribution is 9.10. The SMILES string of the molecule is CCn1c(N/N=C\c2cc(Br)ccc2OC)nc2c1c(=O)n(C)c(=O)n2C. The summed E-state index contributed by atoms with van der Waals surface area (Å²) in [6.07, 6.45) is 1.60. The molecule has 142 valence electrons. The Morgan fingerprint density at radius 3 is 2.70 bits per heavy atom. The highest BCUT2D eigenvalue weighted by Gasteiger charge is 2.17. The molecule has 0 unspecified atom stereocenters. The van der Waals surface area contributed by atoms with Crippen molar-refractivity contribution in [3.63, 3.8) is 0 Å². The third-order valence-electron chi connectivity index (χ3n) is 4.22. The molecule has 0 aliphatic rings. The van der Waals surface area contributed by atoms with E-state index in [0.29, 0.717) is 29.4 Å². The number of ether oxygens (including phenoxy) is 1. The normalized spacial score (nSPS) is 11.4. The molecule has 3 aromatic rings. The van der Waals surface area contributed by atoms with Crippen LogP contribution in [0.25, 0.3) is 11.2 Å². The number of hydrazone groups is 1. The van der Waals surface area contributed by atoms with Crippen LogP contribution in [-0.4, -0.2) is 32.0 Å². The molecule has 27 heavy (non-hydrogen) atoms. The monoisotopic (exact) mass is 434 g/mol. The first-order valence-electron chi connectivity index (χ1n) is 8.17. The van der Waals surface area contributed by atoms with Crippen molar-refractivity contribution in [3.8, 4) is 5.75 Å². The number of methoxy groups -OCH3 is 1. The maximum absolute atomic E-state index is 12.5. The van der Waals surface area contributed by atoms with Gasteiger partial charge >= 0.3 is 5.69 Å². The maximum Gasteiger partial charge on any atom is 0.332 e. The second-order valence-corrected chi connectivity index (χ2v) is 6.73. The number of halogens is 1. The van der Waals surface area contributed by atoms with Gasteiger partial charge in [-0.3, -0.25) is 13.9 Å². The fourth-order valence-electron chi connectivity index (χ4n) is 2.81. The van der Waals surface area contributed by atoms with Crippen LogP contribution in [0.2, 0.25) is 0 Å². The molecule has 10 heteroatoms. The number of hydrogen-bond acceptors (Lipinski definition) is 6.